The maximum Gasteiger partial charge on any atom is 0.208 e. The number of halogens is 1. The fraction of sp³-hybridized carbons (Fsp3) is 0.571. The molecule has 3 nitrogen and oxygen atoms in total. The van der Waals surface area contributed by atoms with Crippen molar-refractivity contribution in [2.45, 2.75) is 37.5 Å². The number of nitrogens with one attached hydrogen (secondary N) is 1. The van der Waals surface area contributed by atoms with Gasteiger partial charge in [0.25, 0.3) is 0 Å². The molecule has 0 unspecified atom stereocenters. The summed E-state index contributed by atoms with van der Waals surface area (Å²) >= 11 is 0. The summed E-state index contributed by atoms with van der Waals surface area (Å²) in [6, 6.07) is 4.45. The van der Waals surface area contributed by atoms with Gasteiger partial charge in [-0.05, 0) is 43.5 Å². The van der Waals surface area contributed by atoms with Crippen LogP contribution in [0.1, 0.15) is 30.4 Å². The number of aliphatic hydroxyl groups is 1. The molecule has 98 valence electrons. The monoisotopic (exact) mass is 251 g/mol. The maximum atomic E-state index is 13.3. The highest BCUT2D eigenvalue weighted by molar-refractivity contribution is 5.34. The van der Waals surface area contributed by atoms with Gasteiger partial charge in [0.15, 0.2) is 0 Å². The molecular weight excluding hydrogens is 233 g/mol. The van der Waals surface area contributed by atoms with E-state index in [9.17, 15) is 9.50 Å². The lowest BCUT2D eigenvalue weighted by Gasteiger charge is -2.42. The van der Waals surface area contributed by atoms with Gasteiger partial charge >= 0.3 is 0 Å². The minimum Gasteiger partial charge on any atom is -0.361 e. The van der Waals surface area contributed by atoms with Crippen molar-refractivity contribution in [2.75, 3.05) is 13.2 Å². The topological polar surface area (TPSA) is 41.5 Å². The van der Waals surface area contributed by atoms with Crippen molar-refractivity contribution in [1.82, 2.24) is 5.32 Å². The maximum absolute atomic E-state index is 13.3. The van der Waals surface area contributed by atoms with E-state index in [1.165, 1.54) is 12.1 Å². The molecule has 3 rings (SSSR count). The van der Waals surface area contributed by atoms with Gasteiger partial charge in [-0.3, -0.25) is 0 Å². The SMILES string of the molecule is O[C@@]1([C@@H]2CCCCN2)OCCc2cc(F)ccc21. The van der Waals surface area contributed by atoms with E-state index >= 15 is 0 Å². The third-order valence-electron chi connectivity index (χ3n) is 3.93. The number of benzene rings is 1. The number of fused-ring (bicyclic) bond motifs is 1. The third-order valence-corrected chi connectivity index (χ3v) is 3.93. The predicted molar refractivity (Wildman–Crippen MR) is 65.6 cm³/mol. The molecule has 2 aliphatic heterocycles. The van der Waals surface area contributed by atoms with Crippen molar-refractivity contribution in [3.63, 3.8) is 0 Å². The lowest BCUT2D eigenvalue weighted by atomic mass is 9.86. The van der Waals surface area contributed by atoms with E-state index in [-0.39, 0.29) is 11.9 Å². The molecule has 2 heterocycles. The first kappa shape index (κ1) is 12.1. The summed E-state index contributed by atoms with van der Waals surface area (Å²) < 4.78 is 18.9. The Kier molecular flexibility index (Phi) is 3.09. The van der Waals surface area contributed by atoms with E-state index in [1.807, 2.05) is 0 Å². The molecule has 0 spiro atoms. The van der Waals surface area contributed by atoms with Crippen molar-refractivity contribution in [3.05, 3.63) is 35.1 Å². The summed E-state index contributed by atoms with van der Waals surface area (Å²) in [5.41, 5.74) is 1.57. The summed E-state index contributed by atoms with van der Waals surface area (Å²) in [7, 11) is 0. The Hall–Kier alpha value is -0.970. The van der Waals surface area contributed by atoms with E-state index < -0.39 is 5.79 Å². The average Bonchev–Trinajstić information content (AvgIpc) is 2.40. The van der Waals surface area contributed by atoms with Gasteiger partial charge in [0, 0.05) is 5.56 Å². The van der Waals surface area contributed by atoms with Crippen molar-refractivity contribution in [2.24, 2.45) is 0 Å². The molecule has 1 fully saturated rings. The van der Waals surface area contributed by atoms with Crippen LogP contribution < -0.4 is 5.32 Å². The fourth-order valence-corrected chi connectivity index (χ4v) is 2.99. The van der Waals surface area contributed by atoms with Crippen LogP contribution in [0.2, 0.25) is 0 Å². The highest BCUT2D eigenvalue weighted by Gasteiger charge is 2.43. The first-order valence-corrected chi connectivity index (χ1v) is 6.59. The van der Waals surface area contributed by atoms with Crippen LogP contribution in [0.25, 0.3) is 0 Å². The molecule has 0 amide bonds. The molecule has 1 aromatic rings. The minimum atomic E-state index is -1.30. The largest absolute Gasteiger partial charge is 0.361 e. The van der Waals surface area contributed by atoms with Gasteiger partial charge in [0.2, 0.25) is 5.79 Å². The Morgan fingerprint density at radius 3 is 3.06 bits per heavy atom. The smallest absolute Gasteiger partial charge is 0.208 e. The highest BCUT2D eigenvalue weighted by atomic mass is 19.1. The van der Waals surface area contributed by atoms with Gasteiger partial charge in [-0.1, -0.05) is 12.5 Å². The normalized spacial score (nSPS) is 32.0. The fourth-order valence-electron chi connectivity index (χ4n) is 2.99. The van der Waals surface area contributed by atoms with E-state index in [0.29, 0.717) is 13.0 Å². The zero-order valence-electron chi connectivity index (χ0n) is 10.3. The van der Waals surface area contributed by atoms with E-state index in [4.69, 9.17) is 4.74 Å². The lowest BCUT2D eigenvalue weighted by molar-refractivity contribution is -0.241. The Balaban J connectivity index is 1.98. The first-order chi connectivity index (χ1) is 8.70. The standard InChI is InChI=1S/C14H18FNO2/c15-11-4-5-12-10(9-11)6-8-18-14(12,17)13-3-1-2-7-16-13/h4-5,9,13,16-17H,1-3,6-8H2/t13-,14+/m0/s1. The summed E-state index contributed by atoms with van der Waals surface area (Å²) in [4.78, 5) is 0. The zero-order valence-corrected chi connectivity index (χ0v) is 10.3. The van der Waals surface area contributed by atoms with Crippen LogP contribution in [-0.2, 0) is 16.9 Å². The number of hydrogen-bond donors (Lipinski definition) is 2. The molecule has 2 aliphatic rings. The summed E-state index contributed by atoms with van der Waals surface area (Å²) in [5, 5.41) is 14.1. The molecule has 18 heavy (non-hydrogen) atoms. The Labute approximate surface area is 106 Å². The summed E-state index contributed by atoms with van der Waals surface area (Å²) in [6.07, 6.45) is 3.75. The van der Waals surface area contributed by atoms with Crippen LogP contribution in [0, 0.1) is 5.82 Å². The van der Waals surface area contributed by atoms with Crippen LogP contribution in [0.5, 0.6) is 0 Å². The average molecular weight is 251 g/mol. The second kappa shape index (κ2) is 4.61. The van der Waals surface area contributed by atoms with Gasteiger partial charge in [0.05, 0.1) is 12.6 Å². The summed E-state index contributed by atoms with van der Waals surface area (Å²) in [6.45, 7) is 1.33. The predicted octanol–water partition coefficient (Wildman–Crippen LogP) is 1.69. The molecular formula is C14H18FNO2. The second-order valence-electron chi connectivity index (χ2n) is 5.10. The second-order valence-corrected chi connectivity index (χ2v) is 5.10. The van der Waals surface area contributed by atoms with Gasteiger partial charge < -0.3 is 15.2 Å². The quantitative estimate of drug-likeness (QED) is 0.798. The number of piperidine rings is 1. The van der Waals surface area contributed by atoms with Gasteiger partial charge in [-0.25, -0.2) is 4.39 Å². The molecule has 4 heteroatoms. The van der Waals surface area contributed by atoms with Crippen LogP contribution >= 0.6 is 0 Å². The van der Waals surface area contributed by atoms with Crippen LogP contribution in [0.4, 0.5) is 4.39 Å². The molecule has 2 atom stereocenters. The summed E-state index contributed by atoms with van der Waals surface area (Å²) in [5.74, 6) is -1.56. The number of rotatable bonds is 1. The molecule has 0 saturated carbocycles. The minimum absolute atomic E-state index is 0.101. The Morgan fingerprint density at radius 1 is 1.39 bits per heavy atom. The van der Waals surface area contributed by atoms with Crippen molar-refractivity contribution in [1.29, 1.82) is 0 Å². The van der Waals surface area contributed by atoms with Crippen molar-refractivity contribution < 1.29 is 14.2 Å². The molecule has 0 aromatic heterocycles. The van der Waals surface area contributed by atoms with Gasteiger partial charge in [-0.15, -0.1) is 0 Å². The van der Waals surface area contributed by atoms with Crippen molar-refractivity contribution >= 4 is 0 Å². The molecule has 0 radical (unpaired) electrons. The van der Waals surface area contributed by atoms with E-state index in [0.717, 1.165) is 36.9 Å². The number of hydrogen-bond acceptors (Lipinski definition) is 3. The van der Waals surface area contributed by atoms with Crippen LogP contribution in [0.3, 0.4) is 0 Å². The van der Waals surface area contributed by atoms with Crippen LogP contribution in [-0.4, -0.2) is 24.3 Å². The Bertz CT molecular complexity index is 445. The van der Waals surface area contributed by atoms with Gasteiger partial charge in [0.1, 0.15) is 5.82 Å². The third kappa shape index (κ3) is 1.94. The Morgan fingerprint density at radius 2 is 2.28 bits per heavy atom. The molecule has 1 aromatic carbocycles. The zero-order chi connectivity index (χ0) is 12.6. The van der Waals surface area contributed by atoms with Gasteiger partial charge in [-0.2, -0.15) is 0 Å². The van der Waals surface area contributed by atoms with E-state index in [2.05, 4.69) is 5.32 Å². The first-order valence-electron chi connectivity index (χ1n) is 6.59. The van der Waals surface area contributed by atoms with Crippen LogP contribution in [0.15, 0.2) is 18.2 Å². The lowest BCUT2D eigenvalue weighted by Crippen LogP contribution is -2.54. The van der Waals surface area contributed by atoms with Crippen molar-refractivity contribution in [3.8, 4) is 0 Å². The van der Waals surface area contributed by atoms with E-state index in [1.54, 1.807) is 6.07 Å². The molecule has 0 bridgehead atoms. The molecule has 0 aliphatic carbocycles. The highest BCUT2D eigenvalue weighted by Crippen LogP contribution is 2.36. The molecule has 2 N–H and O–H groups in total. The molecule has 1 saturated heterocycles. The number of ether oxygens (including phenoxy) is 1.